The maximum Gasteiger partial charge on any atom is 0.264 e. The summed E-state index contributed by atoms with van der Waals surface area (Å²) in [4.78, 5) is 14.7. The van der Waals surface area contributed by atoms with Gasteiger partial charge >= 0.3 is 0 Å². The van der Waals surface area contributed by atoms with E-state index in [4.69, 9.17) is 25.8 Å². The second-order valence-corrected chi connectivity index (χ2v) is 9.90. The summed E-state index contributed by atoms with van der Waals surface area (Å²) in [5.41, 5.74) is 1.12. The van der Waals surface area contributed by atoms with Crippen LogP contribution in [0.25, 0.3) is 0 Å². The van der Waals surface area contributed by atoms with Gasteiger partial charge in [-0.25, -0.2) is 8.42 Å². The molecule has 0 aliphatic heterocycles. The van der Waals surface area contributed by atoms with Crippen LogP contribution in [0.5, 0.6) is 17.2 Å². The van der Waals surface area contributed by atoms with Crippen LogP contribution < -0.4 is 18.5 Å². The molecule has 0 bridgehead atoms. The standard InChI is InChI=1S/C25H27ClN2O6S/c1-27(16-18-5-14-23(33-3)24(15-18)34-4)25(29)17-28(20-8-6-19(26)7-9-20)35(30,31)22-12-10-21(32-2)11-13-22/h5-15H,16-17H2,1-4H3. The molecule has 3 rings (SSSR count). The molecule has 0 N–H and O–H groups in total. The van der Waals surface area contributed by atoms with Gasteiger partial charge in [-0.2, -0.15) is 0 Å². The number of amides is 1. The minimum Gasteiger partial charge on any atom is -0.497 e. The summed E-state index contributed by atoms with van der Waals surface area (Å²) in [5, 5.41) is 0.451. The average Bonchev–Trinajstić information content (AvgIpc) is 2.87. The van der Waals surface area contributed by atoms with E-state index in [1.54, 1.807) is 62.7 Å². The van der Waals surface area contributed by atoms with Crippen molar-refractivity contribution in [1.29, 1.82) is 0 Å². The molecule has 0 unspecified atom stereocenters. The molecular weight excluding hydrogens is 492 g/mol. The average molecular weight is 519 g/mol. The van der Waals surface area contributed by atoms with E-state index in [1.165, 1.54) is 31.3 Å². The van der Waals surface area contributed by atoms with Crippen molar-refractivity contribution in [2.75, 3.05) is 39.2 Å². The van der Waals surface area contributed by atoms with Gasteiger partial charge in [0.1, 0.15) is 12.3 Å². The Labute approximate surface area is 210 Å². The quantitative estimate of drug-likeness (QED) is 0.399. The van der Waals surface area contributed by atoms with Crippen molar-refractivity contribution in [2.45, 2.75) is 11.4 Å². The molecule has 0 saturated heterocycles. The molecule has 0 radical (unpaired) electrons. The molecular formula is C25H27ClN2O6S. The topological polar surface area (TPSA) is 85.4 Å². The van der Waals surface area contributed by atoms with Crippen molar-refractivity contribution in [1.82, 2.24) is 4.90 Å². The van der Waals surface area contributed by atoms with Crippen molar-refractivity contribution in [3.63, 3.8) is 0 Å². The molecule has 0 fully saturated rings. The number of ether oxygens (including phenoxy) is 3. The van der Waals surface area contributed by atoms with E-state index in [0.29, 0.717) is 28.0 Å². The van der Waals surface area contributed by atoms with Gasteiger partial charge in [-0.15, -0.1) is 0 Å². The van der Waals surface area contributed by atoms with Crippen LogP contribution in [0.3, 0.4) is 0 Å². The minimum atomic E-state index is -4.06. The van der Waals surface area contributed by atoms with Gasteiger partial charge in [-0.1, -0.05) is 17.7 Å². The van der Waals surface area contributed by atoms with Crippen LogP contribution in [0.2, 0.25) is 5.02 Å². The monoisotopic (exact) mass is 518 g/mol. The van der Waals surface area contributed by atoms with Crippen LogP contribution in [0, 0.1) is 0 Å². The predicted molar refractivity (Wildman–Crippen MR) is 135 cm³/mol. The smallest absolute Gasteiger partial charge is 0.264 e. The van der Waals surface area contributed by atoms with Crippen LogP contribution in [0.1, 0.15) is 5.56 Å². The minimum absolute atomic E-state index is 0.0311. The molecule has 1 amide bonds. The number of carbonyl (C=O) groups excluding carboxylic acids is 1. The second kappa shape index (κ2) is 11.3. The molecule has 0 heterocycles. The van der Waals surface area contributed by atoms with E-state index < -0.39 is 22.5 Å². The van der Waals surface area contributed by atoms with Crippen LogP contribution >= 0.6 is 11.6 Å². The first-order valence-corrected chi connectivity index (χ1v) is 12.4. The lowest BCUT2D eigenvalue weighted by atomic mass is 10.2. The van der Waals surface area contributed by atoms with Gasteiger partial charge < -0.3 is 19.1 Å². The summed E-state index contributed by atoms with van der Waals surface area (Å²) < 4.78 is 43.8. The summed E-state index contributed by atoms with van der Waals surface area (Å²) in [7, 11) is 2.12. The van der Waals surface area contributed by atoms with Crippen LogP contribution in [0.4, 0.5) is 5.69 Å². The first-order chi connectivity index (χ1) is 16.7. The van der Waals surface area contributed by atoms with Gasteiger partial charge in [-0.05, 0) is 66.2 Å². The number of methoxy groups -OCH3 is 3. The number of benzene rings is 3. The van der Waals surface area contributed by atoms with E-state index in [1.807, 2.05) is 6.07 Å². The molecule has 35 heavy (non-hydrogen) atoms. The number of anilines is 1. The molecule has 186 valence electrons. The van der Waals surface area contributed by atoms with Gasteiger partial charge in [0.25, 0.3) is 10.0 Å². The fourth-order valence-electron chi connectivity index (χ4n) is 3.38. The molecule has 8 nitrogen and oxygen atoms in total. The van der Waals surface area contributed by atoms with Gasteiger partial charge in [0.05, 0.1) is 31.9 Å². The third kappa shape index (κ3) is 6.17. The molecule has 0 aliphatic carbocycles. The normalized spacial score (nSPS) is 11.0. The highest BCUT2D eigenvalue weighted by molar-refractivity contribution is 7.92. The first kappa shape index (κ1) is 26.2. The van der Waals surface area contributed by atoms with E-state index in [0.717, 1.165) is 9.87 Å². The van der Waals surface area contributed by atoms with Crippen molar-refractivity contribution >= 4 is 33.2 Å². The van der Waals surface area contributed by atoms with Crippen molar-refractivity contribution < 1.29 is 27.4 Å². The van der Waals surface area contributed by atoms with E-state index in [2.05, 4.69) is 0 Å². The zero-order valence-electron chi connectivity index (χ0n) is 19.9. The largest absolute Gasteiger partial charge is 0.497 e. The van der Waals surface area contributed by atoms with E-state index >= 15 is 0 Å². The van der Waals surface area contributed by atoms with Gasteiger partial charge in [0.2, 0.25) is 5.91 Å². The Bertz CT molecular complexity index is 1260. The molecule has 0 aliphatic rings. The highest BCUT2D eigenvalue weighted by Crippen LogP contribution is 2.29. The Morgan fingerprint density at radius 1 is 0.857 bits per heavy atom. The Morgan fingerprint density at radius 3 is 2.06 bits per heavy atom. The first-order valence-electron chi connectivity index (χ1n) is 10.6. The number of halogens is 1. The van der Waals surface area contributed by atoms with Crippen molar-refractivity contribution in [3.8, 4) is 17.2 Å². The fourth-order valence-corrected chi connectivity index (χ4v) is 4.92. The van der Waals surface area contributed by atoms with Crippen LogP contribution in [-0.4, -0.2) is 54.1 Å². The SMILES string of the molecule is COc1ccc(S(=O)(=O)N(CC(=O)N(C)Cc2ccc(OC)c(OC)c2)c2ccc(Cl)cc2)cc1. The lowest BCUT2D eigenvalue weighted by molar-refractivity contribution is -0.128. The molecule has 0 atom stereocenters. The maximum atomic E-state index is 13.5. The molecule has 3 aromatic rings. The number of hydrogen-bond donors (Lipinski definition) is 0. The van der Waals surface area contributed by atoms with E-state index in [-0.39, 0.29) is 11.4 Å². The predicted octanol–water partition coefficient (Wildman–Crippen LogP) is 4.22. The lowest BCUT2D eigenvalue weighted by Crippen LogP contribution is -2.41. The summed E-state index contributed by atoms with van der Waals surface area (Å²) in [6.07, 6.45) is 0. The number of hydrogen-bond acceptors (Lipinski definition) is 6. The summed E-state index contributed by atoms with van der Waals surface area (Å²) >= 11 is 6.00. The van der Waals surface area contributed by atoms with E-state index in [9.17, 15) is 13.2 Å². The van der Waals surface area contributed by atoms with Crippen molar-refractivity contribution in [3.05, 3.63) is 77.3 Å². The number of nitrogens with zero attached hydrogens (tertiary/aromatic N) is 2. The van der Waals surface area contributed by atoms with Gasteiger partial charge in [0.15, 0.2) is 11.5 Å². The van der Waals surface area contributed by atoms with Gasteiger partial charge in [0, 0.05) is 18.6 Å². The molecule has 0 aromatic heterocycles. The second-order valence-electron chi connectivity index (χ2n) is 7.60. The third-order valence-electron chi connectivity index (χ3n) is 5.33. The summed E-state index contributed by atoms with van der Waals surface area (Å²) in [5.74, 6) is 1.24. The summed E-state index contributed by atoms with van der Waals surface area (Å²) in [6, 6.07) is 17.6. The highest BCUT2D eigenvalue weighted by atomic mass is 35.5. The molecule has 3 aromatic carbocycles. The van der Waals surface area contributed by atoms with Crippen molar-refractivity contribution in [2.24, 2.45) is 0 Å². The molecule has 0 spiro atoms. The number of rotatable bonds is 10. The Kier molecular flexibility index (Phi) is 8.48. The van der Waals surface area contributed by atoms with Crippen LogP contribution in [-0.2, 0) is 21.4 Å². The number of sulfonamides is 1. The fraction of sp³-hybridized carbons (Fsp3) is 0.240. The zero-order valence-corrected chi connectivity index (χ0v) is 21.5. The van der Waals surface area contributed by atoms with Crippen LogP contribution in [0.15, 0.2) is 71.6 Å². The Hall–Kier alpha value is -3.43. The third-order valence-corrected chi connectivity index (χ3v) is 7.37. The lowest BCUT2D eigenvalue weighted by Gasteiger charge is -2.27. The maximum absolute atomic E-state index is 13.5. The summed E-state index contributed by atoms with van der Waals surface area (Å²) in [6.45, 7) is -0.157. The van der Waals surface area contributed by atoms with Gasteiger partial charge in [-0.3, -0.25) is 9.10 Å². The zero-order chi connectivity index (χ0) is 25.6. The number of carbonyl (C=O) groups is 1. The Balaban J connectivity index is 1.88. The molecule has 10 heteroatoms. The Morgan fingerprint density at radius 2 is 1.49 bits per heavy atom. The highest BCUT2D eigenvalue weighted by Gasteiger charge is 2.28. The number of likely N-dealkylation sites (N-methyl/N-ethyl adjacent to an activating group) is 1. The molecule has 0 saturated carbocycles.